The van der Waals surface area contributed by atoms with Gasteiger partial charge < -0.3 is 18.9 Å². The summed E-state index contributed by atoms with van der Waals surface area (Å²) in [5.74, 6) is 0.608. The summed E-state index contributed by atoms with van der Waals surface area (Å²) in [7, 11) is 0.468. The van der Waals surface area contributed by atoms with Crippen molar-refractivity contribution in [1.29, 1.82) is 0 Å². The zero-order chi connectivity index (χ0) is 32.5. The minimum atomic E-state index is -3.97. The largest absolute Gasteiger partial charge is 0.497 e. The van der Waals surface area contributed by atoms with Crippen molar-refractivity contribution >= 4 is 32.9 Å². The number of benzene rings is 2. The molecule has 2 aromatic carbocycles. The monoisotopic (exact) mass is 648 g/mol. The standard InChI is InChI=1S/C35H44N4O6S/c1-21-18-38(19-22(2)45-21)34(41)35-17-29(35)28-16-25(44-5)12-14-26(28)32-31(23-9-7-6-8-10-23)27-13-11-24(15-30(27)39(32)20-35)33(40)36-46(42,43)37(3)4/h11-16,21-23,29H,6-10,17-20H2,1-5H3,(H,36,40)/t21-,22+,29-,35-/m0/s1. The number of carbonyl (C=O) groups excluding carboxylic acids is 2. The first-order valence-electron chi connectivity index (χ1n) is 16.5. The Balaban J connectivity index is 1.43. The summed E-state index contributed by atoms with van der Waals surface area (Å²) in [5, 5.41) is 1.06. The average molecular weight is 649 g/mol. The van der Waals surface area contributed by atoms with Crippen LogP contribution in [0.5, 0.6) is 5.75 Å². The van der Waals surface area contributed by atoms with E-state index in [4.69, 9.17) is 9.47 Å². The molecular formula is C35H44N4O6S. The summed E-state index contributed by atoms with van der Waals surface area (Å²) in [6.45, 7) is 5.62. The first-order valence-corrected chi connectivity index (χ1v) is 17.9. The molecule has 2 saturated carbocycles. The van der Waals surface area contributed by atoms with Gasteiger partial charge in [0.2, 0.25) is 5.91 Å². The van der Waals surface area contributed by atoms with Gasteiger partial charge >= 0.3 is 10.2 Å². The molecule has 2 aliphatic heterocycles. The third-order valence-electron chi connectivity index (χ3n) is 10.6. The third-order valence-corrected chi connectivity index (χ3v) is 12.0. The summed E-state index contributed by atoms with van der Waals surface area (Å²) in [6, 6.07) is 11.8. The molecule has 0 bridgehead atoms. The second kappa shape index (κ2) is 11.4. The molecule has 0 radical (unpaired) electrons. The second-order valence-corrected chi connectivity index (χ2v) is 15.9. The fourth-order valence-electron chi connectivity index (χ4n) is 8.35. The molecule has 3 heterocycles. The van der Waals surface area contributed by atoms with Crippen LogP contribution in [-0.2, 0) is 26.3 Å². The van der Waals surface area contributed by atoms with E-state index in [1.54, 1.807) is 13.2 Å². The highest BCUT2D eigenvalue weighted by molar-refractivity contribution is 7.87. The predicted octanol–water partition coefficient (Wildman–Crippen LogP) is 5.02. The number of fused-ring (bicyclic) bond motifs is 7. The number of morpholine rings is 1. The predicted molar refractivity (Wildman–Crippen MR) is 176 cm³/mol. The van der Waals surface area contributed by atoms with Crippen LogP contribution in [0.4, 0.5) is 0 Å². The molecule has 10 nitrogen and oxygen atoms in total. The number of methoxy groups -OCH3 is 1. The lowest BCUT2D eigenvalue weighted by Crippen LogP contribution is -2.51. The van der Waals surface area contributed by atoms with Gasteiger partial charge in [0.1, 0.15) is 5.75 Å². The fourth-order valence-corrected chi connectivity index (χ4v) is 8.88. The van der Waals surface area contributed by atoms with E-state index in [-0.39, 0.29) is 29.6 Å². The Bertz CT molecular complexity index is 1820. The van der Waals surface area contributed by atoms with Crippen molar-refractivity contribution < 1.29 is 27.5 Å². The number of amides is 2. The SMILES string of the molecule is COc1ccc2c(c1)[C@@H]1C[C@]1(C(=O)N1C[C@@H](C)O[C@@H](C)C1)Cn1c-2c(C2CCCCC2)c2ccc(C(=O)NS(=O)(=O)N(C)C)cc21. The van der Waals surface area contributed by atoms with E-state index in [2.05, 4.69) is 21.4 Å². The number of rotatable bonds is 6. The molecule has 246 valence electrons. The second-order valence-electron chi connectivity index (χ2n) is 14.0. The number of hydrogen-bond acceptors (Lipinski definition) is 6. The highest BCUT2D eigenvalue weighted by Gasteiger charge is 2.64. The highest BCUT2D eigenvalue weighted by atomic mass is 32.2. The van der Waals surface area contributed by atoms with E-state index in [1.807, 2.05) is 36.9 Å². The Morgan fingerprint density at radius 2 is 1.74 bits per heavy atom. The fraction of sp³-hybridized carbons (Fsp3) is 0.543. The van der Waals surface area contributed by atoms with Gasteiger partial charge in [-0.15, -0.1) is 0 Å². The van der Waals surface area contributed by atoms with Crippen molar-refractivity contribution in [1.82, 2.24) is 18.5 Å². The molecule has 1 aromatic heterocycles. The van der Waals surface area contributed by atoms with Gasteiger partial charge in [0.05, 0.1) is 30.4 Å². The van der Waals surface area contributed by atoms with Crippen molar-refractivity contribution in [2.75, 3.05) is 34.3 Å². The van der Waals surface area contributed by atoms with Gasteiger partial charge in [0, 0.05) is 61.7 Å². The molecule has 0 unspecified atom stereocenters. The summed E-state index contributed by atoms with van der Waals surface area (Å²) >= 11 is 0. The van der Waals surface area contributed by atoms with E-state index < -0.39 is 21.5 Å². The molecule has 1 N–H and O–H groups in total. The summed E-state index contributed by atoms with van der Waals surface area (Å²) in [4.78, 5) is 30.0. The van der Waals surface area contributed by atoms with E-state index in [9.17, 15) is 18.0 Å². The van der Waals surface area contributed by atoms with Crippen molar-refractivity contribution in [3.8, 4) is 17.0 Å². The Labute approximate surface area is 271 Å². The zero-order valence-corrected chi connectivity index (χ0v) is 28.2. The van der Waals surface area contributed by atoms with Crippen molar-refractivity contribution in [3.63, 3.8) is 0 Å². The molecule has 7 rings (SSSR count). The molecule has 46 heavy (non-hydrogen) atoms. The molecule has 2 amide bonds. The van der Waals surface area contributed by atoms with E-state index in [0.29, 0.717) is 25.6 Å². The maximum atomic E-state index is 14.7. The number of nitrogens with one attached hydrogen (secondary N) is 1. The quantitative estimate of drug-likeness (QED) is 0.402. The third kappa shape index (κ3) is 5.11. The van der Waals surface area contributed by atoms with Crippen molar-refractivity contribution in [3.05, 3.63) is 53.1 Å². The highest BCUT2D eigenvalue weighted by Crippen LogP contribution is 2.66. The van der Waals surface area contributed by atoms with Crippen LogP contribution >= 0.6 is 0 Å². The van der Waals surface area contributed by atoms with Gasteiger partial charge in [0.15, 0.2) is 0 Å². The number of nitrogens with zero attached hydrogens (tertiary/aromatic N) is 3. The molecular weight excluding hydrogens is 604 g/mol. The number of aromatic nitrogens is 1. The molecule has 3 aromatic rings. The summed E-state index contributed by atoms with van der Waals surface area (Å²) in [6.07, 6.45) is 6.35. The molecule has 4 atom stereocenters. The van der Waals surface area contributed by atoms with Crippen molar-refractivity contribution in [2.24, 2.45) is 5.41 Å². The van der Waals surface area contributed by atoms with Gasteiger partial charge in [-0.05, 0) is 80.5 Å². The molecule has 1 saturated heterocycles. The normalized spacial score (nSPS) is 26.2. The van der Waals surface area contributed by atoms with Crippen LogP contribution in [0, 0.1) is 5.41 Å². The number of hydrogen-bond donors (Lipinski definition) is 1. The molecule has 11 heteroatoms. The smallest absolute Gasteiger partial charge is 0.303 e. The van der Waals surface area contributed by atoms with E-state index in [1.165, 1.54) is 26.1 Å². The molecule has 2 aliphatic carbocycles. The van der Waals surface area contributed by atoms with Gasteiger partial charge in [-0.1, -0.05) is 25.3 Å². The van der Waals surface area contributed by atoms with Crippen LogP contribution in [0.3, 0.4) is 0 Å². The van der Waals surface area contributed by atoms with Crippen LogP contribution in [0.2, 0.25) is 0 Å². The Morgan fingerprint density at radius 1 is 1.02 bits per heavy atom. The van der Waals surface area contributed by atoms with Gasteiger partial charge in [-0.2, -0.15) is 12.7 Å². The van der Waals surface area contributed by atoms with Gasteiger partial charge in [-0.25, -0.2) is 4.72 Å². The van der Waals surface area contributed by atoms with Crippen LogP contribution in [-0.4, -0.2) is 80.5 Å². The van der Waals surface area contributed by atoms with E-state index in [0.717, 1.165) is 69.9 Å². The summed E-state index contributed by atoms with van der Waals surface area (Å²) in [5.41, 5.74) is 5.10. The average Bonchev–Trinajstić information content (AvgIpc) is 3.70. The van der Waals surface area contributed by atoms with Gasteiger partial charge in [0.25, 0.3) is 5.91 Å². The van der Waals surface area contributed by atoms with Crippen molar-refractivity contribution in [2.45, 2.75) is 83.0 Å². The lowest BCUT2D eigenvalue weighted by molar-refractivity contribution is -0.149. The first kappa shape index (κ1) is 31.2. The number of ether oxygens (including phenoxy) is 2. The molecule has 0 spiro atoms. The number of carbonyl (C=O) groups is 2. The zero-order valence-electron chi connectivity index (χ0n) is 27.3. The van der Waals surface area contributed by atoms with Gasteiger partial charge in [-0.3, -0.25) is 9.59 Å². The lowest BCUT2D eigenvalue weighted by atomic mass is 9.81. The van der Waals surface area contributed by atoms with Crippen LogP contribution < -0.4 is 9.46 Å². The van der Waals surface area contributed by atoms with E-state index >= 15 is 0 Å². The minimum Gasteiger partial charge on any atom is -0.497 e. The van der Waals surface area contributed by atoms with Crippen LogP contribution in [0.25, 0.3) is 22.2 Å². The Hall–Kier alpha value is -3.41. The maximum Gasteiger partial charge on any atom is 0.303 e. The van der Waals surface area contributed by atoms with Crippen LogP contribution in [0.1, 0.15) is 85.7 Å². The Kier molecular flexibility index (Phi) is 7.72. The first-order chi connectivity index (χ1) is 21.9. The minimum absolute atomic E-state index is 0.0319. The maximum absolute atomic E-state index is 14.7. The topological polar surface area (TPSA) is 110 Å². The summed E-state index contributed by atoms with van der Waals surface area (Å²) < 4.78 is 42.2. The van der Waals surface area contributed by atoms with Crippen LogP contribution in [0.15, 0.2) is 36.4 Å². The molecule has 3 fully saturated rings. The Morgan fingerprint density at radius 3 is 2.41 bits per heavy atom. The molecule has 4 aliphatic rings. The lowest BCUT2D eigenvalue weighted by Gasteiger charge is -2.37.